The number of hydrogen-bond acceptors (Lipinski definition) is 3. The lowest BCUT2D eigenvalue weighted by Gasteiger charge is -2.36. The summed E-state index contributed by atoms with van der Waals surface area (Å²) in [6.07, 6.45) is 0. The fourth-order valence-electron chi connectivity index (χ4n) is 2.04. The second-order valence-corrected chi connectivity index (χ2v) is 8.81. The quantitative estimate of drug-likeness (QED) is 0.784. The second kappa shape index (κ2) is 6.81. The van der Waals surface area contributed by atoms with Crippen molar-refractivity contribution in [3.05, 3.63) is 35.4 Å². The molecule has 0 saturated carbocycles. The molecule has 1 aliphatic heterocycles. The van der Waals surface area contributed by atoms with Gasteiger partial charge in [0.05, 0.1) is 4.58 Å². The highest BCUT2D eigenvalue weighted by Gasteiger charge is 2.31. The number of carbonyl (C=O) groups is 1. The Hall–Kier alpha value is -1.05. The van der Waals surface area contributed by atoms with Crippen molar-refractivity contribution >= 4 is 29.5 Å². The van der Waals surface area contributed by atoms with Gasteiger partial charge in [0.2, 0.25) is 0 Å². The van der Waals surface area contributed by atoms with Gasteiger partial charge >= 0.3 is 5.97 Å². The number of carboxylic acids is 1. The highest BCUT2D eigenvalue weighted by Crippen LogP contribution is 2.49. The first-order valence-corrected chi connectivity index (χ1v) is 9.04. The van der Waals surface area contributed by atoms with Crippen LogP contribution >= 0.6 is 23.5 Å². The molecule has 1 aliphatic rings. The minimum absolute atomic E-state index is 0.376. The lowest BCUT2D eigenvalue weighted by molar-refractivity contribution is -0.130. The van der Waals surface area contributed by atoms with Gasteiger partial charge in [0.15, 0.2) is 0 Å². The van der Waals surface area contributed by atoms with Gasteiger partial charge in [0, 0.05) is 11.5 Å². The van der Waals surface area contributed by atoms with E-state index in [1.165, 1.54) is 17.1 Å². The Balaban J connectivity index is 1.99. The van der Waals surface area contributed by atoms with Crippen molar-refractivity contribution in [3.63, 3.8) is 0 Å². The monoisotopic (exact) mass is 320 g/mol. The van der Waals surface area contributed by atoms with E-state index >= 15 is 0 Å². The lowest BCUT2D eigenvalue weighted by atomic mass is 9.83. The maximum atomic E-state index is 10.4. The van der Waals surface area contributed by atoms with Gasteiger partial charge in [-0.1, -0.05) is 38.8 Å². The summed E-state index contributed by atoms with van der Waals surface area (Å²) < 4.78 is 0.477. The molecule has 0 bridgehead atoms. The molecular formula is C17H20O2S2. The third-order valence-corrected chi connectivity index (χ3v) is 6.77. The molecule has 0 amide bonds. The molecule has 0 unspecified atom stereocenters. The van der Waals surface area contributed by atoms with Crippen LogP contribution < -0.4 is 0 Å². The highest BCUT2D eigenvalue weighted by atomic mass is 32.2. The van der Waals surface area contributed by atoms with Crippen LogP contribution in [-0.2, 0) is 4.79 Å². The summed E-state index contributed by atoms with van der Waals surface area (Å²) in [5, 5.41) is 8.54. The van der Waals surface area contributed by atoms with Crippen LogP contribution in [-0.4, -0.2) is 22.6 Å². The zero-order chi connectivity index (χ0) is 15.5. The number of hydrogen-bond donors (Lipinski definition) is 1. The van der Waals surface area contributed by atoms with E-state index < -0.39 is 5.97 Å². The lowest BCUT2D eigenvalue weighted by Crippen LogP contribution is -2.27. The van der Waals surface area contributed by atoms with Gasteiger partial charge < -0.3 is 5.11 Å². The Morgan fingerprint density at radius 1 is 1.19 bits per heavy atom. The summed E-state index contributed by atoms with van der Waals surface area (Å²) in [5.41, 5.74) is 2.42. The third kappa shape index (κ3) is 4.72. The fourth-order valence-corrected chi connectivity index (χ4v) is 5.80. The zero-order valence-electron chi connectivity index (χ0n) is 12.6. The first-order chi connectivity index (χ1) is 9.86. The minimum Gasteiger partial charge on any atom is -0.472 e. The fraction of sp³-hybridized carbons (Fsp3) is 0.471. The smallest absolute Gasteiger partial charge is 0.382 e. The molecule has 0 spiro atoms. The van der Waals surface area contributed by atoms with Crippen LogP contribution in [0.1, 0.15) is 36.5 Å². The Labute approximate surface area is 135 Å². The van der Waals surface area contributed by atoms with Gasteiger partial charge in [-0.3, -0.25) is 0 Å². The van der Waals surface area contributed by atoms with Crippen LogP contribution in [0.3, 0.4) is 0 Å². The standard InChI is InChI=1S/C17H20O2S2/c1-17(2,3)14-10-20-16(21-11-14)13-7-4-12(5-8-13)6-9-15(18)19/h4-5,7-8,14,16H,10-11H2,1-3H3,(H,18,19). The Morgan fingerprint density at radius 3 is 2.24 bits per heavy atom. The topological polar surface area (TPSA) is 37.3 Å². The van der Waals surface area contributed by atoms with Crippen molar-refractivity contribution in [1.82, 2.24) is 0 Å². The molecule has 4 heteroatoms. The average molecular weight is 320 g/mol. The highest BCUT2D eigenvalue weighted by molar-refractivity contribution is 8.16. The molecule has 0 aromatic heterocycles. The van der Waals surface area contributed by atoms with Crippen LogP contribution in [0.15, 0.2) is 24.3 Å². The number of benzene rings is 1. The van der Waals surface area contributed by atoms with Crippen LogP contribution in [0.5, 0.6) is 0 Å². The minimum atomic E-state index is -1.09. The molecule has 1 saturated heterocycles. The Kier molecular flexibility index (Phi) is 5.29. The predicted molar refractivity (Wildman–Crippen MR) is 91.6 cm³/mol. The molecule has 2 nitrogen and oxygen atoms in total. The van der Waals surface area contributed by atoms with Crippen molar-refractivity contribution in [2.45, 2.75) is 25.4 Å². The number of carboxylic acid groups (broad SMARTS) is 1. The SMILES string of the molecule is CC(C)(C)C1CSC(c2ccc(C#CC(=O)O)cc2)SC1. The van der Waals surface area contributed by atoms with Crippen molar-refractivity contribution in [3.8, 4) is 11.8 Å². The summed E-state index contributed by atoms with van der Waals surface area (Å²) in [4.78, 5) is 10.4. The van der Waals surface area contributed by atoms with Gasteiger partial charge in [0.1, 0.15) is 0 Å². The molecule has 0 aliphatic carbocycles. The van der Waals surface area contributed by atoms with Crippen LogP contribution in [0, 0.1) is 23.2 Å². The van der Waals surface area contributed by atoms with Gasteiger partial charge in [-0.05, 0) is 40.5 Å². The van der Waals surface area contributed by atoms with E-state index in [4.69, 9.17) is 5.11 Å². The molecule has 21 heavy (non-hydrogen) atoms. The van der Waals surface area contributed by atoms with Crippen molar-refractivity contribution < 1.29 is 9.90 Å². The molecule has 1 N–H and O–H groups in total. The molecular weight excluding hydrogens is 300 g/mol. The molecule has 112 valence electrons. The molecule has 2 rings (SSSR count). The first-order valence-electron chi connectivity index (χ1n) is 6.94. The van der Waals surface area contributed by atoms with E-state index in [1.54, 1.807) is 0 Å². The zero-order valence-corrected chi connectivity index (χ0v) is 14.2. The molecule has 0 radical (unpaired) electrons. The molecule has 1 heterocycles. The third-order valence-electron chi connectivity index (χ3n) is 3.62. The molecule has 1 aromatic carbocycles. The Morgan fingerprint density at radius 2 is 1.76 bits per heavy atom. The summed E-state index contributed by atoms with van der Waals surface area (Å²) >= 11 is 4.02. The average Bonchev–Trinajstić information content (AvgIpc) is 2.45. The van der Waals surface area contributed by atoms with Crippen molar-refractivity contribution in [1.29, 1.82) is 0 Å². The van der Waals surface area contributed by atoms with Gasteiger partial charge in [-0.25, -0.2) is 4.79 Å². The van der Waals surface area contributed by atoms with E-state index in [1.807, 2.05) is 35.7 Å². The largest absolute Gasteiger partial charge is 0.472 e. The summed E-state index contributed by atoms with van der Waals surface area (Å²) in [5.74, 6) is 6.83. The summed E-state index contributed by atoms with van der Waals surface area (Å²) in [6, 6.07) is 7.94. The van der Waals surface area contributed by atoms with Crippen LogP contribution in [0.4, 0.5) is 0 Å². The Bertz CT molecular complexity index is 553. The van der Waals surface area contributed by atoms with Gasteiger partial charge in [-0.15, -0.1) is 23.5 Å². The summed E-state index contributed by atoms with van der Waals surface area (Å²) in [7, 11) is 0. The van der Waals surface area contributed by atoms with Crippen LogP contribution in [0.25, 0.3) is 0 Å². The van der Waals surface area contributed by atoms with Gasteiger partial charge in [-0.2, -0.15) is 0 Å². The van der Waals surface area contributed by atoms with Gasteiger partial charge in [0.25, 0.3) is 0 Å². The molecule has 1 aromatic rings. The van der Waals surface area contributed by atoms with E-state index in [0.29, 0.717) is 10.00 Å². The number of thioether (sulfide) groups is 2. The molecule has 0 atom stereocenters. The first kappa shape index (κ1) is 16.3. The predicted octanol–water partition coefficient (Wildman–Crippen LogP) is 4.26. The number of aliphatic carboxylic acids is 1. The maximum Gasteiger partial charge on any atom is 0.382 e. The second-order valence-electron chi connectivity index (χ2n) is 6.24. The van der Waals surface area contributed by atoms with Crippen molar-refractivity contribution in [2.24, 2.45) is 11.3 Å². The van der Waals surface area contributed by atoms with Crippen molar-refractivity contribution in [2.75, 3.05) is 11.5 Å². The molecule has 1 fully saturated rings. The van der Waals surface area contributed by atoms with E-state index in [9.17, 15) is 4.79 Å². The van der Waals surface area contributed by atoms with E-state index in [0.717, 1.165) is 11.5 Å². The normalized spacial score (nSPS) is 22.2. The number of rotatable bonds is 1. The van der Waals surface area contributed by atoms with Crippen LogP contribution in [0.2, 0.25) is 0 Å². The van der Waals surface area contributed by atoms with E-state index in [2.05, 4.69) is 44.7 Å². The summed E-state index contributed by atoms with van der Waals surface area (Å²) in [6.45, 7) is 6.94. The maximum absolute atomic E-state index is 10.4. The van der Waals surface area contributed by atoms with E-state index in [-0.39, 0.29) is 0 Å².